The number of thiol groups is 1. The molecule has 2 rings (SSSR count). The summed E-state index contributed by atoms with van der Waals surface area (Å²) < 4.78 is -0.136. The molecule has 2 aromatic rings. The van der Waals surface area contributed by atoms with Gasteiger partial charge in [-0.1, -0.05) is 18.2 Å². The molecule has 0 spiro atoms. The fourth-order valence-electron chi connectivity index (χ4n) is 2.22. The van der Waals surface area contributed by atoms with Crippen molar-refractivity contribution in [3.63, 3.8) is 0 Å². The summed E-state index contributed by atoms with van der Waals surface area (Å²) in [4.78, 5) is 5.46. The van der Waals surface area contributed by atoms with Crippen LogP contribution in [0.15, 0.2) is 30.5 Å². The maximum absolute atomic E-state index is 4.80. The highest BCUT2D eigenvalue weighted by atomic mass is 32.1. The number of aromatic amines is 1. The van der Waals surface area contributed by atoms with Gasteiger partial charge in [-0.2, -0.15) is 12.6 Å². The second kappa shape index (κ2) is 4.15. The van der Waals surface area contributed by atoms with E-state index in [-0.39, 0.29) is 4.75 Å². The number of H-pyrrole nitrogens is 1. The lowest BCUT2D eigenvalue weighted by atomic mass is 9.99. The van der Waals surface area contributed by atoms with Gasteiger partial charge >= 0.3 is 0 Å². The predicted molar refractivity (Wildman–Crippen MR) is 73.2 cm³/mol. The van der Waals surface area contributed by atoms with Gasteiger partial charge in [0.15, 0.2) is 0 Å². The van der Waals surface area contributed by atoms with Crippen molar-refractivity contribution >= 4 is 23.5 Å². The Morgan fingerprint density at radius 2 is 2.00 bits per heavy atom. The molecule has 16 heavy (non-hydrogen) atoms. The van der Waals surface area contributed by atoms with Crippen molar-refractivity contribution in [2.45, 2.75) is 11.7 Å². The fourth-order valence-corrected chi connectivity index (χ4v) is 2.69. The van der Waals surface area contributed by atoms with E-state index in [0.29, 0.717) is 0 Å². The number of rotatable bonds is 3. The smallest absolute Gasteiger partial charge is 0.0497 e. The Morgan fingerprint density at radius 1 is 1.31 bits per heavy atom. The highest BCUT2D eigenvalue weighted by Crippen LogP contribution is 2.33. The molecular formula is C13H18N2S. The van der Waals surface area contributed by atoms with Crippen LogP contribution in [0.25, 0.3) is 10.9 Å². The van der Waals surface area contributed by atoms with E-state index >= 15 is 0 Å². The van der Waals surface area contributed by atoms with Gasteiger partial charge in [0.1, 0.15) is 0 Å². The Bertz CT molecular complexity index is 485. The molecule has 1 heterocycles. The number of fused-ring (bicyclic) bond motifs is 1. The number of aromatic nitrogens is 1. The summed E-state index contributed by atoms with van der Waals surface area (Å²) in [6.45, 7) is 3.07. The lowest BCUT2D eigenvalue weighted by Crippen LogP contribution is -2.30. The van der Waals surface area contributed by atoms with E-state index in [0.717, 1.165) is 6.54 Å². The van der Waals surface area contributed by atoms with Gasteiger partial charge < -0.3 is 9.88 Å². The molecule has 0 aliphatic carbocycles. The van der Waals surface area contributed by atoms with Gasteiger partial charge in [0.05, 0.1) is 0 Å². The van der Waals surface area contributed by atoms with Crippen LogP contribution in [0.4, 0.5) is 0 Å². The number of nitrogens with one attached hydrogen (secondary N) is 1. The maximum atomic E-state index is 4.80. The first-order valence-corrected chi connectivity index (χ1v) is 5.89. The van der Waals surface area contributed by atoms with Gasteiger partial charge in [-0.3, -0.25) is 0 Å². The number of likely N-dealkylation sites (N-methyl/N-ethyl adjacent to an activating group) is 1. The van der Waals surface area contributed by atoms with E-state index in [2.05, 4.69) is 55.3 Å². The molecule has 0 aliphatic rings. The fraction of sp³-hybridized carbons (Fsp3) is 0.385. The van der Waals surface area contributed by atoms with Gasteiger partial charge in [-0.25, -0.2) is 0 Å². The number of nitrogens with zero attached hydrogens (tertiary/aromatic N) is 1. The summed E-state index contributed by atoms with van der Waals surface area (Å²) in [5.74, 6) is 0. The van der Waals surface area contributed by atoms with Gasteiger partial charge in [0.25, 0.3) is 0 Å². The van der Waals surface area contributed by atoms with E-state index in [1.54, 1.807) is 0 Å². The van der Waals surface area contributed by atoms with Crippen molar-refractivity contribution in [1.82, 2.24) is 9.88 Å². The molecule has 1 unspecified atom stereocenters. The zero-order chi connectivity index (χ0) is 11.8. The first kappa shape index (κ1) is 11.6. The Morgan fingerprint density at radius 3 is 2.69 bits per heavy atom. The third-order valence-corrected chi connectivity index (χ3v) is 3.18. The minimum absolute atomic E-state index is 0.136. The largest absolute Gasteiger partial charge is 0.361 e. The molecule has 1 N–H and O–H groups in total. The maximum Gasteiger partial charge on any atom is 0.0497 e. The topological polar surface area (TPSA) is 19.0 Å². The summed E-state index contributed by atoms with van der Waals surface area (Å²) in [6, 6.07) is 8.35. The average molecular weight is 234 g/mol. The Kier molecular flexibility index (Phi) is 3.00. The third kappa shape index (κ3) is 2.11. The van der Waals surface area contributed by atoms with Gasteiger partial charge in [-0.05, 0) is 32.6 Å². The Balaban J connectivity index is 2.46. The van der Waals surface area contributed by atoms with Crippen LogP contribution in [0.3, 0.4) is 0 Å². The van der Waals surface area contributed by atoms with Crippen LogP contribution in [0, 0.1) is 0 Å². The van der Waals surface area contributed by atoms with Crippen molar-refractivity contribution in [2.24, 2.45) is 0 Å². The summed E-state index contributed by atoms with van der Waals surface area (Å²) in [5, 5.41) is 1.27. The van der Waals surface area contributed by atoms with Crippen LogP contribution >= 0.6 is 12.6 Å². The Hall–Kier alpha value is -0.930. The molecule has 86 valence electrons. The summed E-state index contributed by atoms with van der Waals surface area (Å²) in [7, 11) is 4.15. The first-order chi connectivity index (χ1) is 7.50. The Labute approximate surface area is 102 Å². The van der Waals surface area contributed by atoms with E-state index in [1.807, 2.05) is 6.07 Å². The molecule has 0 saturated heterocycles. The van der Waals surface area contributed by atoms with Crippen molar-refractivity contribution in [1.29, 1.82) is 0 Å². The monoisotopic (exact) mass is 234 g/mol. The second-order valence-corrected chi connectivity index (χ2v) is 5.75. The zero-order valence-corrected chi connectivity index (χ0v) is 10.9. The van der Waals surface area contributed by atoms with Crippen molar-refractivity contribution < 1.29 is 0 Å². The molecule has 0 saturated carbocycles. The number of benzene rings is 1. The van der Waals surface area contributed by atoms with Crippen LogP contribution in [-0.2, 0) is 4.75 Å². The summed E-state index contributed by atoms with van der Waals surface area (Å²) in [5.41, 5.74) is 2.44. The van der Waals surface area contributed by atoms with Crippen molar-refractivity contribution in [3.05, 3.63) is 36.0 Å². The van der Waals surface area contributed by atoms with Crippen molar-refractivity contribution in [2.75, 3.05) is 20.6 Å². The van der Waals surface area contributed by atoms with Crippen LogP contribution in [0.5, 0.6) is 0 Å². The lowest BCUT2D eigenvalue weighted by Gasteiger charge is -2.27. The lowest BCUT2D eigenvalue weighted by molar-refractivity contribution is 0.367. The molecule has 0 bridgehead atoms. The quantitative estimate of drug-likeness (QED) is 0.782. The minimum Gasteiger partial charge on any atom is -0.361 e. The number of hydrogen-bond acceptors (Lipinski definition) is 2. The normalized spacial score (nSPS) is 15.6. The predicted octanol–water partition coefficient (Wildman–Crippen LogP) is 2.87. The molecule has 1 aromatic heterocycles. The minimum atomic E-state index is -0.136. The van der Waals surface area contributed by atoms with Crippen LogP contribution in [-0.4, -0.2) is 30.5 Å². The summed E-state index contributed by atoms with van der Waals surface area (Å²) >= 11 is 4.80. The molecule has 0 radical (unpaired) electrons. The van der Waals surface area contributed by atoms with Crippen LogP contribution < -0.4 is 0 Å². The first-order valence-electron chi connectivity index (χ1n) is 5.44. The van der Waals surface area contributed by atoms with Crippen molar-refractivity contribution in [3.8, 4) is 0 Å². The number of para-hydroxylation sites is 1. The second-order valence-electron chi connectivity index (χ2n) is 4.76. The van der Waals surface area contributed by atoms with E-state index in [1.165, 1.54) is 16.5 Å². The SMILES string of the molecule is CN(C)CC(C)(S)c1c[nH]c2ccccc12. The summed E-state index contributed by atoms with van der Waals surface area (Å²) in [6.07, 6.45) is 2.07. The van der Waals surface area contributed by atoms with E-state index in [9.17, 15) is 0 Å². The third-order valence-electron chi connectivity index (χ3n) is 2.79. The average Bonchev–Trinajstić information content (AvgIpc) is 2.59. The zero-order valence-electron chi connectivity index (χ0n) is 9.99. The highest BCUT2D eigenvalue weighted by molar-refractivity contribution is 7.81. The molecule has 0 aliphatic heterocycles. The van der Waals surface area contributed by atoms with E-state index < -0.39 is 0 Å². The molecule has 0 amide bonds. The van der Waals surface area contributed by atoms with Crippen LogP contribution in [0.1, 0.15) is 12.5 Å². The van der Waals surface area contributed by atoms with Crippen LogP contribution in [0.2, 0.25) is 0 Å². The van der Waals surface area contributed by atoms with Gasteiger partial charge in [0, 0.05) is 28.4 Å². The molecular weight excluding hydrogens is 216 g/mol. The van der Waals surface area contributed by atoms with Gasteiger partial charge in [-0.15, -0.1) is 0 Å². The van der Waals surface area contributed by atoms with E-state index in [4.69, 9.17) is 12.6 Å². The van der Waals surface area contributed by atoms with Gasteiger partial charge in [0.2, 0.25) is 0 Å². The molecule has 1 atom stereocenters. The number of hydrogen-bond donors (Lipinski definition) is 2. The molecule has 1 aromatic carbocycles. The highest BCUT2D eigenvalue weighted by Gasteiger charge is 2.25. The molecule has 0 fully saturated rings. The molecule has 2 nitrogen and oxygen atoms in total. The molecule has 3 heteroatoms. The standard InChI is InChI=1S/C13H18N2S/c1-13(16,9-15(2)3)11-8-14-12-7-5-4-6-10(11)12/h4-8,14,16H,9H2,1-3H3.